The van der Waals surface area contributed by atoms with Crippen LogP contribution >= 0.6 is 0 Å². The van der Waals surface area contributed by atoms with Crippen LogP contribution in [-0.2, 0) is 14.3 Å². The van der Waals surface area contributed by atoms with E-state index in [9.17, 15) is 4.79 Å². The fourth-order valence-corrected chi connectivity index (χ4v) is 4.40. The molecule has 0 spiro atoms. The molecule has 24 heavy (non-hydrogen) atoms. The number of morpholine rings is 1. The second-order valence-corrected chi connectivity index (χ2v) is 7.80. The SMILES string of the molecule is CC1CN(CC2CCN(C(=O)[C@@H]3CC[C@H](CN)O3)CC2)CC(C)O1. The molecule has 3 saturated heterocycles. The minimum Gasteiger partial charge on any atom is -0.373 e. The van der Waals surface area contributed by atoms with Gasteiger partial charge in [-0.05, 0) is 45.4 Å². The summed E-state index contributed by atoms with van der Waals surface area (Å²) in [5.74, 6) is 0.867. The van der Waals surface area contributed by atoms with Gasteiger partial charge in [-0.25, -0.2) is 0 Å². The van der Waals surface area contributed by atoms with Gasteiger partial charge >= 0.3 is 0 Å². The van der Waals surface area contributed by atoms with Gasteiger partial charge in [-0.2, -0.15) is 0 Å². The molecule has 3 aliphatic rings. The molecule has 1 amide bonds. The van der Waals surface area contributed by atoms with Gasteiger partial charge in [-0.3, -0.25) is 9.69 Å². The summed E-state index contributed by atoms with van der Waals surface area (Å²) in [7, 11) is 0. The first-order valence-electron chi connectivity index (χ1n) is 9.57. The van der Waals surface area contributed by atoms with E-state index in [0.29, 0.717) is 24.7 Å². The molecule has 3 rings (SSSR count). The minimum absolute atomic E-state index is 0.0711. The lowest BCUT2D eigenvalue weighted by atomic mass is 9.95. The Labute approximate surface area is 145 Å². The van der Waals surface area contributed by atoms with Gasteiger partial charge < -0.3 is 20.1 Å². The van der Waals surface area contributed by atoms with E-state index >= 15 is 0 Å². The molecule has 4 atom stereocenters. The molecule has 3 heterocycles. The molecule has 6 heteroatoms. The standard InChI is InChI=1S/C18H33N3O3/c1-13-10-20(11-14(2)23-13)12-15-5-7-21(8-6-15)18(22)17-4-3-16(9-19)24-17/h13-17H,3-12,19H2,1-2H3/t13?,14?,16-,17+/m1/s1. The third-order valence-corrected chi connectivity index (χ3v) is 5.58. The van der Waals surface area contributed by atoms with Crippen LogP contribution in [0.4, 0.5) is 0 Å². The van der Waals surface area contributed by atoms with Crippen molar-refractivity contribution in [2.75, 3.05) is 39.3 Å². The first-order chi connectivity index (χ1) is 11.5. The van der Waals surface area contributed by atoms with Crippen LogP contribution in [0.1, 0.15) is 39.5 Å². The van der Waals surface area contributed by atoms with Gasteiger partial charge in [-0.1, -0.05) is 0 Å². The maximum atomic E-state index is 12.6. The fourth-order valence-electron chi connectivity index (χ4n) is 4.40. The number of likely N-dealkylation sites (tertiary alicyclic amines) is 1. The summed E-state index contributed by atoms with van der Waals surface area (Å²) < 4.78 is 11.6. The molecule has 0 aliphatic carbocycles. The monoisotopic (exact) mass is 339 g/mol. The number of ether oxygens (including phenoxy) is 2. The molecular formula is C18H33N3O3. The molecule has 0 aromatic carbocycles. The third-order valence-electron chi connectivity index (χ3n) is 5.58. The van der Waals surface area contributed by atoms with E-state index < -0.39 is 0 Å². The molecule has 6 nitrogen and oxygen atoms in total. The lowest BCUT2D eigenvalue weighted by molar-refractivity contribution is -0.144. The van der Waals surface area contributed by atoms with Crippen molar-refractivity contribution in [3.63, 3.8) is 0 Å². The minimum atomic E-state index is -0.254. The number of nitrogens with two attached hydrogens (primary N) is 1. The molecule has 0 aromatic rings. The summed E-state index contributed by atoms with van der Waals surface area (Å²) in [5.41, 5.74) is 5.64. The highest BCUT2D eigenvalue weighted by Gasteiger charge is 2.35. The zero-order valence-electron chi connectivity index (χ0n) is 15.2. The van der Waals surface area contributed by atoms with Crippen molar-refractivity contribution in [1.29, 1.82) is 0 Å². The Hall–Kier alpha value is -0.690. The van der Waals surface area contributed by atoms with E-state index in [2.05, 4.69) is 18.7 Å². The Morgan fingerprint density at radius 2 is 1.71 bits per heavy atom. The van der Waals surface area contributed by atoms with E-state index in [-0.39, 0.29) is 18.1 Å². The Kier molecular flexibility index (Phi) is 6.13. The van der Waals surface area contributed by atoms with E-state index in [1.807, 2.05) is 4.90 Å². The average molecular weight is 339 g/mol. The molecule has 2 N–H and O–H groups in total. The Bertz CT molecular complexity index is 416. The van der Waals surface area contributed by atoms with Crippen molar-refractivity contribution < 1.29 is 14.3 Å². The quantitative estimate of drug-likeness (QED) is 0.822. The van der Waals surface area contributed by atoms with Crippen molar-refractivity contribution >= 4 is 5.91 Å². The summed E-state index contributed by atoms with van der Waals surface area (Å²) in [6.45, 7) is 9.75. The molecule has 3 fully saturated rings. The summed E-state index contributed by atoms with van der Waals surface area (Å²) in [4.78, 5) is 17.1. The highest BCUT2D eigenvalue weighted by atomic mass is 16.5. The van der Waals surface area contributed by atoms with E-state index in [0.717, 1.165) is 58.4 Å². The van der Waals surface area contributed by atoms with Crippen LogP contribution in [0, 0.1) is 5.92 Å². The molecular weight excluding hydrogens is 306 g/mol. The van der Waals surface area contributed by atoms with E-state index in [1.54, 1.807) is 0 Å². The number of carbonyl (C=O) groups excluding carboxylic acids is 1. The molecule has 0 bridgehead atoms. The Morgan fingerprint density at radius 1 is 1.04 bits per heavy atom. The third kappa shape index (κ3) is 4.48. The largest absolute Gasteiger partial charge is 0.373 e. The van der Waals surface area contributed by atoms with Gasteiger partial charge in [0.15, 0.2) is 0 Å². The van der Waals surface area contributed by atoms with Crippen LogP contribution in [-0.4, -0.2) is 79.4 Å². The van der Waals surface area contributed by atoms with Gasteiger partial charge in [0.05, 0.1) is 18.3 Å². The van der Waals surface area contributed by atoms with Gasteiger partial charge in [0.2, 0.25) is 0 Å². The summed E-state index contributed by atoms with van der Waals surface area (Å²) in [5, 5.41) is 0. The van der Waals surface area contributed by atoms with Crippen LogP contribution in [0.25, 0.3) is 0 Å². The van der Waals surface area contributed by atoms with Gasteiger partial charge in [0, 0.05) is 39.3 Å². The van der Waals surface area contributed by atoms with Crippen molar-refractivity contribution in [2.45, 2.75) is 63.9 Å². The topological polar surface area (TPSA) is 68.0 Å². The fraction of sp³-hybridized carbons (Fsp3) is 0.944. The predicted molar refractivity (Wildman–Crippen MR) is 92.7 cm³/mol. The Morgan fingerprint density at radius 3 is 2.29 bits per heavy atom. The van der Waals surface area contributed by atoms with Crippen LogP contribution in [0.2, 0.25) is 0 Å². The van der Waals surface area contributed by atoms with Crippen LogP contribution in [0.5, 0.6) is 0 Å². The van der Waals surface area contributed by atoms with Crippen molar-refractivity contribution in [3.05, 3.63) is 0 Å². The highest BCUT2D eigenvalue weighted by molar-refractivity contribution is 5.81. The number of amides is 1. The second kappa shape index (κ2) is 8.13. The lowest BCUT2D eigenvalue weighted by Crippen LogP contribution is -2.49. The van der Waals surface area contributed by atoms with Crippen LogP contribution in [0.3, 0.4) is 0 Å². The van der Waals surface area contributed by atoms with E-state index in [4.69, 9.17) is 15.2 Å². The van der Waals surface area contributed by atoms with Gasteiger partial charge in [0.25, 0.3) is 5.91 Å². The predicted octanol–water partition coefficient (Wildman–Crippen LogP) is 0.841. The summed E-state index contributed by atoms with van der Waals surface area (Å²) in [6, 6.07) is 0. The summed E-state index contributed by atoms with van der Waals surface area (Å²) >= 11 is 0. The summed E-state index contributed by atoms with van der Waals surface area (Å²) in [6.07, 6.45) is 4.40. The van der Waals surface area contributed by atoms with Gasteiger partial charge in [0.1, 0.15) is 6.10 Å². The van der Waals surface area contributed by atoms with Gasteiger partial charge in [-0.15, -0.1) is 0 Å². The number of piperidine rings is 1. The van der Waals surface area contributed by atoms with Crippen molar-refractivity contribution in [1.82, 2.24) is 9.80 Å². The molecule has 0 radical (unpaired) electrons. The smallest absolute Gasteiger partial charge is 0.251 e. The molecule has 138 valence electrons. The second-order valence-electron chi connectivity index (χ2n) is 7.80. The van der Waals surface area contributed by atoms with Crippen molar-refractivity contribution in [2.24, 2.45) is 11.7 Å². The first kappa shape index (κ1) is 18.1. The number of hydrogen-bond donors (Lipinski definition) is 1. The molecule has 2 unspecified atom stereocenters. The number of hydrogen-bond acceptors (Lipinski definition) is 5. The zero-order chi connectivity index (χ0) is 17.1. The molecule has 0 saturated carbocycles. The lowest BCUT2D eigenvalue weighted by Gasteiger charge is -2.39. The van der Waals surface area contributed by atoms with Crippen LogP contribution < -0.4 is 5.73 Å². The van der Waals surface area contributed by atoms with Crippen molar-refractivity contribution in [3.8, 4) is 0 Å². The maximum Gasteiger partial charge on any atom is 0.251 e. The van der Waals surface area contributed by atoms with Crippen LogP contribution in [0.15, 0.2) is 0 Å². The number of rotatable bonds is 4. The number of carbonyl (C=O) groups is 1. The molecule has 0 aromatic heterocycles. The average Bonchev–Trinajstić information content (AvgIpc) is 3.03. The first-order valence-corrected chi connectivity index (χ1v) is 9.57. The molecule has 3 aliphatic heterocycles. The number of nitrogens with zero attached hydrogens (tertiary/aromatic N) is 2. The maximum absolute atomic E-state index is 12.6. The Balaban J connectivity index is 1.41. The highest BCUT2D eigenvalue weighted by Crippen LogP contribution is 2.25. The normalized spacial score (nSPS) is 36.2. The zero-order valence-corrected chi connectivity index (χ0v) is 15.2. The van der Waals surface area contributed by atoms with E-state index in [1.165, 1.54) is 0 Å².